The van der Waals surface area contributed by atoms with Crippen LogP contribution < -0.4 is 19.5 Å². The summed E-state index contributed by atoms with van der Waals surface area (Å²) in [5.41, 5.74) is 3.73. The second-order valence-electron chi connectivity index (χ2n) is 9.24. The van der Waals surface area contributed by atoms with Crippen LogP contribution in [0.5, 0.6) is 5.75 Å². The summed E-state index contributed by atoms with van der Waals surface area (Å²) in [7, 11) is -6.24. The minimum Gasteiger partial charge on any atom is -0.495 e. The molecule has 0 fully saturated rings. The fraction of sp³-hybridized carbons (Fsp3) is 0.138. The van der Waals surface area contributed by atoms with Crippen LogP contribution >= 0.6 is 0 Å². The number of aryl methyl sites for hydroxylation is 3. The Labute approximate surface area is 234 Å². The second-order valence-corrected chi connectivity index (χ2v) is 12.6. The zero-order chi connectivity index (χ0) is 29.1. The quantitative estimate of drug-likeness (QED) is 0.241. The number of rotatable bonds is 9. The van der Waals surface area contributed by atoms with Gasteiger partial charge in [0.25, 0.3) is 26.0 Å². The molecule has 0 aliphatic heterocycles. The number of methoxy groups -OCH3 is 1. The summed E-state index contributed by atoms with van der Waals surface area (Å²) in [6.45, 7) is 5.41. The molecule has 0 aromatic heterocycles. The molecule has 3 N–H and O–H groups in total. The molecule has 40 heavy (non-hydrogen) atoms. The molecule has 0 aliphatic rings. The maximum atomic E-state index is 12.9. The first kappa shape index (κ1) is 28.7. The molecule has 9 nitrogen and oxygen atoms in total. The van der Waals surface area contributed by atoms with Crippen molar-refractivity contribution in [2.45, 2.75) is 30.6 Å². The lowest BCUT2D eigenvalue weighted by Gasteiger charge is -2.13. The fourth-order valence-corrected chi connectivity index (χ4v) is 6.06. The van der Waals surface area contributed by atoms with Crippen molar-refractivity contribution in [3.63, 3.8) is 0 Å². The SMILES string of the molecule is COc1ccc(C)cc1NS(=O)(=O)c1ccc(NC(=O)c2ccc(NS(=O)(=O)c3ccc(C)cc3)c(C)c2)cc1. The zero-order valence-corrected chi connectivity index (χ0v) is 24.0. The highest BCUT2D eigenvalue weighted by Gasteiger charge is 2.18. The third-order valence-corrected chi connectivity index (χ3v) is 8.85. The Balaban J connectivity index is 1.45. The highest BCUT2D eigenvalue weighted by atomic mass is 32.2. The average molecular weight is 580 g/mol. The molecule has 4 aromatic rings. The Morgan fingerprint density at radius 3 is 1.77 bits per heavy atom. The van der Waals surface area contributed by atoms with Crippen molar-refractivity contribution in [3.05, 3.63) is 107 Å². The second kappa shape index (κ2) is 11.4. The van der Waals surface area contributed by atoms with E-state index in [4.69, 9.17) is 4.74 Å². The average Bonchev–Trinajstić information content (AvgIpc) is 2.90. The molecule has 0 saturated carbocycles. The summed E-state index contributed by atoms with van der Waals surface area (Å²) in [5, 5.41) is 2.73. The Bertz CT molecular complexity index is 1770. The lowest BCUT2D eigenvalue weighted by atomic mass is 10.1. The van der Waals surface area contributed by atoms with E-state index in [2.05, 4.69) is 14.8 Å². The molecule has 0 aliphatic carbocycles. The normalized spacial score (nSPS) is 11.5. The standard InChI is InChI=1S/C29H29N3O6S2/c1-19-5-11-24(12-6-19)39(34,35)31-26-15-8-22(18-21(26)3)29(33)30-23-9-13-25(14-10-23)40(36,37)32-27-17-20(2)7-16-28(27)38-4/h5-18,31-32H,1-4H3,(H,30,33). The van der Waals surface area contributed by atoms with Gasteiger partial charge in [0, 0.05) is 11.3 Å². The van der Waals surface area contributed by atoms with Gasteiger partial charge in [0.05, 0.1) is 28.3 Å². The van der Waals surface area contributed by atoms with Gasteiger partial charge in [0.1, 0.15) is 5.75 Å². The van der Waals surface area contributed by atoms with Gasteiger partial charge < -0.3 is 10.1 Å². The molecule has 0 unspecified atom stereocenters. The minimum absolute atomic E-state index is 0.00937. The van der Waals surface area contributed by atoms with E-state index in [0.29, 0.717) is 33.9 Å². The van der Waals surface area contributed by atoms with E-state index in [1.165, 1.54) is 55.6 Å². The molecule has 0 saturated heterocycles. The molecule has 4 rings (SSSR count). The maximum Gasteiger partial charge on any atom is 0.262 e. The van der Waals surface area contributed by atoms with Crippen LogP contribution in [0.4, 0.5) is 17.1 Å². The number of ether oxygens (including phenoxy) is 1. The number of benzene rings is 4. The Kier molecular flexibility index (Phi) is 8.17. The first-order valence-electron chi connectivity index (χ1n) is 12.2. The number of nitrogens with one attached hydrogen (secondary N) is 3. The number of carbonyl (C=O) groups excluding carboxylic acids is 1. The molecule has 0 spiro atoms. The molecule has 0 bridgehead atoms. The Morgan fingerprint density at radius 2 is 1.20 bits per heavy atom. The monoisotopic (exact) mass is 579 g/mol. The van der Waals surface area contributed by atoms with Crippen LogP contribution in [0.2, 0.25) is 0 Å². The van der Waals surface area contributed by atoms with E-state index in [0.717, 1.165) is 11.1 Å². The Morgan fingerprint density at radius 1 is 0.650 bits per heavy atom. The third kappa shape index (κ3) is 6.61. The topological polar surface area (TPSA) is 131 Å². The van der Waals surface area contributed by atoms with Crippen molar-refractivity contribution < 1.29 is 26.4 Å². The van der Waals surface area contributed by atoms with Crippen LogP contribution in [0.25, 0.3) is 0 Å². The largest absolute Gasteiger partial charge is 0.495 e. The number of anilines is 3. The minimum atomic E-state index is -3.91. The van der Waals surface area contributed by atoms with Crippen LogP contribution in [0, 0.1) is 20.8 Å². The van der Waals surface area contributed by atoms with E-state index in [1.807, 2.05) is 19.9 Å². The molecule has 1 amide bonds. The first-order valence-corrected chi connectivity index (χ1v) is 15.1. The number of hydrogen-bond donors (Lipinski definition) is 3. The van der Waals surface area contributed by atoms with E-state index in [-0.39, 0.29) is 9.79 Å². The van der Waals surface area contributed by atoms with Gasteiger partial charge in [-0.05, 0) is 98.6 Å². The van der Waals surface area contributed by atoms with Gasteiger partial charge in [-0.2, -0.15) is 0 Å². The van der Waals surface area contributed by atoms with Gasteiger partial charge in [-0.3, -0.25) is 14.2 Å². The third-order valence-electron chi connectivity index (χ3n) is 6.09. The summed E-state index contributed by atoms with van der Waals surface area (Å²) in [6.07, 6.45) is 0. The summed E-state index contributed by atoms with van der Waals surface area (Å²) < 4.78 is 61.6. The summed E-state index contributed by atoms with van der Waals surface area (Å²) in [5.74, 6) is -0.0448. The van der Waals surface area contributed by atoms with Crippen LogP contribution in [0.3, 0.4) is 0 Å². The first-order chi connectivity index (χ1) is 18.9. The lowest BCUT2D eigenvalue weighted by Crippen LogP contribution is -2.16. The number of amides is 1. The zero-order valence-electron chi connectivity index (χ0n) is 22.3. The highest BCUT2D eigenvalue weighted by Crippen LogP contribution is 2.28. The summed E-state index contributed by atoms with van der Waals surface area (Å²) >= 11 is 0. The molecule has 0 heterocycles. The number of sulfonamides is 2. The molecule has 11 heteroatoms. The summed E-state index contributed by atoms with van der Waals surface area (Å²) in [4.78, 5) is 13.0. The molecular formula is C29H29N3O6S2. The number of carbonyl (C=O) groups is 1. The van der Waals surface area contributed by atoms with Gasteiger partial charge in [-0.25, -0.2) is 16.8 Å². The van der Waals surface area contributed by atoms with Crippen LogP contribution in [-0.4, -0.2) is 29.9 Å². The van der Waals surface area contributed by atoms with Gasteiger partial charge in [-0.15, -0.1) is 0 Å². The van der Waals surface area contributed by atoms with Crippen molar-refractivity contribution in [2.24, 2.45) is 0 Å². The van der Waals surface area contributed by atoms with E-state index >= 15 is 0 Å². The molecule has 0 radical (unpaired) electrons. The number of hydrogen-bond acceptors (Lipinski definition) is 6. The van der Waals surface area contributed by atoms with Crippen LogP contribution in [-0.2, 0) is 20.0 Å². The predicted octanol–water partition coefficient (Wildman–Crippen LogP) is 5.47. The fourth-order valence-electron chi connectivity index (χ4n) is 3.87. The van der Waals surface area contributed by atoms with Gasteiger partial charge in [0.15, 0.2) is 0 Å². The van der Waals surface area contributed by atoms with Gasteiger partial charge in [0.2, 0.25) is 0 Å². The van der Waals surface area contributed by atoms with Crippen molar-refractivity contribution in [2.75, 3.05) is 21.9 Å². The molecule has 208 valence electrons. The van der Waals surface area contributed by atoms with E-state index in [1.54, 1.807) is 37.3 Å². The van der Waals surface area contributed by atoms with Crippen LogP contribution in [0.15, 0.2) is 94.7 Å². The molecular weight excluding hydrogens is 550 g/mol. The molecule has 0 atom stereocenters. The summed E-state index contributed by atoms with van der Waals surface area (Å²) in [6, 6.07) is 22.0. The van der Waals surface area contributed by atoms with Crippen molar-refractivity contribution in [1.29, 1.82) is 0 Å². The van der Waals surface area contributed by atoms with Crippen molar-refractivity contribution in [3.8, 4) is 5.75 Å². The van der Waals surface area contributed by atoms with Crippen LogP contribution in [0.1, 0.15) is 27.0 Å². The smallest absolute Gasteiger partial charge is 0.262 e. The van der Waals surface area contributed by atoms with Gasteiger partial charge >= 0.3 is 0 Å². The highest BCUT2D eigenvalue weighted by molar-refractivity contribution is 7.93. The maximum absolute atomic E-state index is 12.9. The predicted molar refractivity (Wildman–Crippen MR) is 156 cm³/mol. The lowest BCUT2D eigenvalue weighted by molar-refractivity contribution is 0.102. The Hall–Kier alpha value is -4.35. The van der Waals surface area contributed by atoms with Crippen molar-refractivity contribution >= 4 is 43.0 Å². The van der Waals surface area contributed by atoms with Crippen molar-refractivity contribution in [1.82, 2.24) is 0 Å². The van der Waals surface area contributed by atoms with E-state index in [9.17, 15) is 21.6 Å². The molecule has 4 aromatic carbocycles. The van der Waals surface area contributed by atoms with E-state index < -0.39 is 26.0 Å². The van der Waals surface area contributed by atoms with Gasteiger partial charge in [-0.1, -0.05) is 23.8 Å².